The number of rotatable bonds is 6. The van der Waals surface area contributed by atoms with Crippen molar-refractivity contribution in [3.8, 4) is 5.75 Å². The average molecular weight is 581 g/mol. The fraction of sp³-hybridized carbons (Fsp3) is 0.412. The Morgan fingerprint density at radius 3 is 2.67 bits per heavy atom. The molecule has 0 radical (unpaired) electrons. The van der Waals surface area contributed by atoms with Crippen LogP contribution in [-0.4, -0.2) is 39.8 Å². The van der Waals surface area contributed by atoms with Crippen LogP contribution in [0.1, 0.15) is 80.6 Å². The zero-order valence-electron chi connectivity index (χ0n) is 24.8. The molecule has 0 fully saturated rings. The van der Waals surface area contributed by atoms with Gasteiger partial charge in [0, 0.05) is 36.2 Å². The first-order valence-electron chi connectivity index (χ1n) is 15.1. The fourth-order valence-electron chi connectivity index (χ4n) is 6.87. The lowest BCUT2D eigenvalue weighted by Gasteiger charge is -2.29. The number of aliphatic imine (C=N–C) groups is 1. The van der Waals surface area contributed by atoms with Crippen molar-refractivity contribution in [1.82, 2.24) is 10.3 Å². The molecule has 0 aliphatic carbocycles. The number of carbonyl (C=O) groups excluding carboxylic acids is 2. The lowest BCUT2D eigenvalue weighted by atomic mass is 9.72. The summed E-state index contributed by atoms with van der Waals surface area (Å²) in [5, 5.41) is 17.3. The highest BCUT2D eigenvalue weighted by molar-refractivity contribution is 6.03. The van der Waals surface area contributed by atoms with Crippen molar-refractivity contribution in [2.45, 2.75) is 70.7 Å². The molecule has 7 rings (SSSR count). The maximum Gasteiger partial charge on any atom is 0.224 e. The van der Waals surface area contributed by atoms with Crippen molar-refractivity contribution in [3.63, 3.8) is 0 Å². The van der Waals surface area contributed by atoms with E-state index in [2.05, 4.69) is 27.8 Å². The summed E-state index contributed by atoms with van der Waals surface area (Å²) in [6, 6.07) is 13.5. The monoisotopic (exact) mass is 580 g/mol. The second-order valence-electron chi connectivity index (χ2n) is 12.7. The number of amides is 1. The van der Waals surface area contributed by atoms with Crippen molar-refractivity contribution < 1.29 is 23.8 Å². The Kier molecular flexibility index (Phi) is 6.54. The minimum Gasteiger partial charge on any atom is -0.469 e. The molecule has 2 aromatic carbocycles. The summed E-state index contributed by atoms with van der Waals surface area (Å²) in [5.74, 6) is 0.117. The van der Waals surface area contributed by atoms with Gasteiger partial charge in [-0.25, -0.2) is 4.98 Å². The topological polar surface area (TPSA) is 126 Å². The number of ether oxygens (including phenoxy) is 1. The Hall–Kier alpha value is -4.24. The van der Waals surface area contributed by atoms with Gasteiger partial charge in [-0.1, -0.05) is 64.1 Å². The average Bonchev–Trinajstić information content (AvgIpc) is 3.76. The molecule has 1 amide bonds. The molecule has 43 heavy (non-hydrogen) atoms. The molecule has 0 saturated carbocycles. The van der Waals surface area contributed by atoms with Gasteiger partial charge in [0.1, 0.15) is 29.0 Å². The number of allylic oxidation sites excluding steroid dienone is 1. The number of ketones is 1. The number of para-hydroxylation sites is 1. The third-order valence-corrected chi connectivity index (χ3v) is 9.16. The number of anilines is 1. The minimum atomic E-state index is -1.13. The molecule has 9 heteroatoms. The molecule has 1 unspecified atom stereocenters. The molecule has 222 valence electrons. The molecule has 0 saturated heterocycles. The quantitative estimate of drug-likeness (QED) is 0.382. The van der Waals surface area contributed by atoms with Gasteiger partial charge >= 0.3 is 0 Å². The highest BCUT2D eigenvalue weighted by Gasteiger charge is 2.61. The normalized spacial score (nSPS) is 25.7. The molecule has 1 spiro atoms. The zero-order chi connectivity index (χ0) is 30.0. The first-order chi connectivity index (χ1) is 20.7. The van der Waals surface area contributed by atoms with Crippen LogP contribution >= 0.6 is 0 Å². The fourth-order valence-corrected chi connectivity index (χ4v) is 6.87. The molecule has 4 aliphatic heterocycles. The van der Waals surface area contributed by atoms with Crippen molar-refractivity contribution in [2.24, 2.45) is 22.7 Å². The predicted molar refractivity (Wildman–Crippen MR) is 161 cm³/mol. The van der Waals surface area contributed by atoms with Crippen LogP contribution in [0.3, 0.4) is 0 Å². The van der Waals surface area contributed by atoms with Crippen LogP contribution < -0.4 is 15.4 Å². The van der Waals surface area contributed by atoms with Gasteiger partial charge in [-0.15, -0.1) is 0 Å². The molecule has 4 aliphatic rings. The molecular formula is C34H36N4O5. The largest absolute Gasteiger partial charge is 0.469 e. The van der Waals surface area contributed by atoms with Crippen LogP contribution in [0.25, 0.3) is 0 Å². The maximum atomic E-state index is 13.9. The van der Waals surface area contributed by atoms with Crippen LogP contribution in [0.5, 0.6) is 5.75 Å². The van der Waals surface area contributed by atoms with Crippen LogP contribution in [-0.2, 0) is 21.4 Å². The van der Waals surface area contributed by atoms with Crippen molar-refractivity contribution in [2.75, 3.05) is 5.32 Å². The highest BCUT2D eigenvalue weighted by atomic mass is 16.5. The Labute approximate surface area is 250 Å². The van der Waals surface area contributed by atoms with Gasteiger partial charge in [-0.2, -0.15) is 0 Å². The molecule has 4 bridgehead atoms. The first kappa shape index (κ1) is 27.6. The number of nitrogens with one attached hydrogen (secondary N) is 2. The Morgan fingerprint density at radius 1 is 1.12 bits per heavy atom. The lowest BCUT2D eigenvalue weighted by Crippen LogP contribution is -2.41. The number of fused-ring (bicyclic) bond motifs is 4. The SMILES string of the molecule is CC(C)[C@H](O)C(=O)C[C@H]1Cc2ccc3c(c2)C2(c4ccccc4N[C@H]2O3)c2oc(nc2C2=NC=CC2)[C@H](C(C)C)NC1=O. The molecule has 9 nitrogen and oxygen atoms in total. The number of aromatic nitrogens is 1. The second kappa shape index (κ2) is 10.2. The summed E-state index contributed by atoms with van der Waals surface area (Å²) in [6.45, 7) is 7.60. The zero-order valence-corrected chi connectivity index (χ0v) is 24.8. The number of aliphatic hydroxyl groups excluding tert-OH is 1. The molecule has 3 N–H and O–H groups in total. The molecular weight excluding hydrogens is 544 g/mol. The van der Waals surface area contributed by atoms with E-state index >= 15 is 0 Å². The van der Waals surface area contributed by atoms with Crippen LogP contribution in [0, 0.1) is 17.8 Å². The van der Waals surface area contributed by atoms with E-state index in [1.807, 2.05) is 50.3 Å². The maximum absolute atomic E-state index is 13.9. The third kappa shape index (κ3) is 4.24. The number of nitrogens with zero attached hydrogens (tertiary/aromatic N) is 2. The van der Waals surface area contributed by atoms with E-state index in [0.717, 1.165) is 33.8 Å². The van der Waals surface area contributed by atoms with Crippen molar-refractivity contribution >= 4 is 23.1 Å². The van der Waals surface area contributed by atoms with Crippen LogP contribution in [0.15, 0.2) is 64.2 Å². The van der Waals surface area contributed by atoms with Gasteiger partial charge in [0.05, 0.1) is 5.71 Å². The second-order valence-corrected chi connectivity index (χ2v) is 12.7. The summed E-state index contributed by atoms with van der Waals surface area (Å²) >= 11 is 0. The first-order valence-corrected chi connectivity index (χ1v) is 15.1. The van der Waals surface area contributed by atoms with Gasteiger partial charge in [0.25, 0.3) is 0 Å². The number of aliphatic hydroxyl groups is 1. The summed E-state index contributed by atoms with van der Waals surface area (Å²) < 4.78 is 13.4. The van der Waals surface area contributed by atoms with Gasteiger partial charge in [0.2, 0.25) is 11.8 Å². The summed E-state index contributed by atoms with van der Waals surface area (Å²) in [7, 11) is 0. The lowest BCUT2D eigenvalue weighted by molar-refractivity contribution is -0.135. The van der Waals surface area contributed by atoms with E-state index in [4.69, 9.17) is 14.1 Å². The number of hydrogen-bond acceptors (Lipinski definition) is 8. The van der Waals surface area contributed by atoms with E-state index in [9.17, 15) is 14.7 Å². The van der Waals surface area contributed by atoms with E-state index in [0.29, 0.717) is 30.2 Å². The van der Waals surface area contributed by atoms with Gasteiger partial charge in [-0.3, -0.25) is 14.6 Å². The number of carbonyl (C=O) groups is 2. The number of benzene rings is 2. The van der Waals surface area contributed by atoms with Gasteiger partial charge in [-0.05, 0) is 41.5 Å². The molecule has 1 aromatic heterocycles. The Balaban J connectivity index is 1.46. The van der Waals surface area contributed by atoms with Gasteiger partial charge in [0.15, 0.2) is 17.8 Å². The number of oxazole rings is 1. The van der Waals surface area contributed by atoms with Crippen LogP contribution in [0.2, 0.25) is 0 Å². The molecule has 5 heterocycles. The number of hydrogen-bond donors (Lipinski definition) is 3. The third-order valence-electron chi connectivity index (χ3n) is 9.16. The predicted octanol–water partition coefficient (Wildman–Crippen LogP) is 4.82. The molecule has 3 aromatic rings. The van der Waals surface area contributed by atoms with E-state index < -0.39 is 29.7 Å². The van der Waals surface area contributed by atoms with E-state index in [1.54, 1.807) is 20.0 Å². The Bertz CT molecular complexity index is 1690. The number of Topliss-reactive ketones (excluding diaryl/α,β-unsaturated/α-hetero) is 1. The van der Waals surface area contributed by atoms with E-state index in [1.165, 1.54) is 0 Å². The highest BCUT2D eigenvalue weighted by Crippen LogP contribution is 2.58. The van der Waals surface area contributed by atoms with Gasteiger partial charge < -0.3 is 24.9 Å². The molecule has 5 atom stereocenters. The van der Waals surface area contributed by atoms with Crippen molar-refractivity contribution in [1.29, 1.82) is 0 Å². The minimum absolute atomic E-state index is 0.0667. The Morgan fingerprint density at radius 2 is 1.93 bits per heavy atom. The van der Waals surface area contributed by atoms with Crippen molar-refractivity contribution in [3.05, 3.63) is 88.8 Å². The smallest absolute Gasteiger partial charge is 0.224 e. The summed E-state index contributed by atoms with van der Waals surface area (Å²) in [4.78, 5) is 36.7. The summed E-state index contributed by atoms with van der Waals surface area (Å²) in [5.41, 5.74) is 4.35. The van der Waals surface area contributed by atoms with Crippen LogP contribution in [0.4, 0.5) is 5.69 Å². The summed E-state index contributed by atoms with van der Waals surface area (Å²) in [6.07, 6.45) is 3.01. The standard InChI is InChI=1S/C34H36N4O5/c1-17(2)27-32-38-28(24-10-7-13-35-24)30(43-32)34-21-8-5-6-9-23(21)36-33(34)42-26-12-11-19(15-22(26)34)14-20(31(41)37-27)16-25(39)29(40)18(3)4/h5-9,11-13,15,17-18,20,27,29,33,36,40H,10,14,16H2,1-4H3,(H,37,41)/t20-,27+,29+,33+,34?/m1/s1. The van der Waals surface area contributed by atoms with E-state index in [-0.39, 0.29) is 29.9 Å².